The molecule has 1 aliphatic rings. The number of nitrogens with zero attached hydrogens (tertiary/aromatic N) is 5. The van der Waals surface area contributed by atoms with Crippen molar-refractivity contribution >= 4 is 26.8 Å². The molecule has 0 bridgehead atoms. The van der Waals surface area contributed by atoms with Crippen LogP contribution in [0.5, 0.6) is 0 Å². The Kier molecular flexibility index (Phi) is 3.22. The monoisotopic (exact) mass is 279 g/mol. The molecule has 0 aliphatic carbocycles. The van der Waals surface area contributed by atoms with Gasteiger partial charge in [0, 0.05) is 26.2 Å². The van der Waals surface area contributed by atoms with Crippen molar-refractivity contribution in [1.82, 2.24) is 19.7 Å². The highest BCUT2D eigenvalue weighted by molar-refractivity contribution is 7.22. The van der Waals surface area contributed by atoms with E-state index in [-0.39, 0.29) is 0 Å². The van der Waals surface area contributed by atoms with Crippen LogP contribution in [0.4, 0.5) is 5.13 Å². The maximum Gasteiger partial charge on any atom is 0.188 e. The first-order valence-electron chi connectivity index (χ1n) is 6.78. The minimum atomic E-state index is 0.639. The molecule has 2 aromatic rings. The fraction of sp³-hybridized carbons (Fsp3) is 0.692. The van der Waals surface area contributed by atoms with Crippen molar-refractivity contribution in [3.63, 3.8) is 0 Å². The molecule has 3 heterocycles. The molecule has 1 fully saturated rings. The van der Waals surface area contributed by atoms with Crippen LogP contribution in [-0.4, -0.2) is 52.9 Å². The summed E-state index contributed by atoms with van der Waals surface area (Å²) >= 11 is 1.78. The Labute approximate surface area is 117 Å². The summed E-state index contributed by atoms with van der Waals surface area (Å²) in [7, 11) is 6.30. The normalized spacial score (nSPS) is 20.7. The zero-order valence-corrected chi connectivity index (χ0v) is 12.9. The molecule has 0 aromatic carbocycles. The second kappa shape index (κ2) is 4.76. The first-order chi connectivity index (χ1) is 9.06. The Hall–Kier alpha value is -1.14. The zero-order chi connectivity index (χ0) is 13.6. The second-order valence-corrected chi connectivity index (χ2v) is 6.54. The van der Waals surface area contributed by atoms with Crippen LogP contribution in [0.1, 0.15) is 18.5 Å². The van der Waals surface area contributed by atoms with Gasteiger partial charge in [0.15, 0.2) is 10.8 Å². The van der Waals surface area contributed by atoms with E-state index in [1.54, 1.807) is 11.3 Å². The zero-order valence-electron chi connectivity index (χ0n) is 12.1. The van der Waals surface area contributed by atoms with Gasteiger partial charge in [-0.1, -0.05) is 11.3 Å². The van der Waals surface area contributed by atoms with Crippen LogP contribution in [0.15, 0.2) is 0 Å². The van der Waals surface area contributed by atoms with Crippen LogP contribution in [0.25, 0.3) is 10.3 Å². The summed E-state index contributed by atoms with van der Waals surface area (Å²) in [5.41, 5.74) is 2.10. The van der Waals surface area contributed by atoms with E-state index in [1.807, 2.05) is 11.7 Å². The van der Waals surface area contributed by atoms with E-state index in [2.05, 4.69) is 35.9 Å². The number of anilines is 1. The molecule has 0 unspecified atom stereocenters. The molecule has 104 valence electrons. The van der Waals surface area contributed by atoms with Crippen molar-refractivity contribution in [1.29, 1.82) is 0 Å². The van der Waals surface area contributed by atoms with E-state index < -0.39 is 0 Å². The molecule has 1 aliphatic heterocycles. The number of hydrogen-bond acceptors (Lipinski definition) is 5. The third kappa shape index (κ3) is 2.23. The van der Waals surface area contributed by atoms with Gasteiger partial charge in [0.25, 0.3) is 0 Å². The van der Waals surface area contributed by atoms with Crippen molar-refractivity contribution in [3.8, 4) is 0 Å². The van der Waals surface area contributed by atoms with E-state index >= 15 is 0 Å². The molecular formula is C13H21N5S. The number of aryl methyl sites for hydroxylation is 2. The standard InChI is InChI=1S/C13H21N5S/c1-9-11-12(17(4)15-9)14-13(19-11)18-7-5-6-10(8-18)16(2)3/h10H,5-8H2,1-4H3/t10-/m1/s1. The summed E-state index contributed by atoms with van der Waals surface area (Å²) in [5.74, 6) is 0. The quantitative estimate of drug-likeness (QED) is 0.841. The van der Waals surface area contributed by atoms with E-state index in [4.69, 9.17) is 4.98 Å². The van der Waals surface area contributed by atoms with Gasteiger partial charge in [0.05, 0.1) is 10.4 Å². The molecule has 0 radical (unpaired) electrons. The minimum absolute atomic E-state index is 0.639. The van der Waals surface area contributed by atoms with Gasteiger partial charge in [-0.05, 0) is 33.9 Å². The fourth-order valence-electron chi connectivity index (χ4n) is 2.76. The summed E-state index contributed by atoms with van der Waals surface area (Å²) in [6, 6.07) is 0.639. The summed E-state index contributed by atoms with van der Waals surface area (Å²) in [6.07, 6.45) is 2.53. The van der Waals surface area contributed by atoms with Crippen molar-refractivity contribution in [2.45, 2.75) is 25.8 Å². The van der Waals surface area contributed by atoms with Crippen LogP contribution in [0.2, 0.25) is 0 Å². The Morgan fingerprint density at radius 1 is 1.37 bits per heavy atom. The molecule has 1 saturated heterocycles. The van der Waals surface area contributed by atoms with E-state index in [0.717, 1.165) is 29.6 Å². The van der Waals surface area contributed by atoms with E-state index in [0.29, 0.717) is 6.04 Å². The Bertz CT molecular complexity index is 551. The third-order valence-corrected chi connectivity index (χ3v) is 5.14. The topological polar surface area (TPSA) is 37.2 Å². The molecular weight excluding hydrogens is 258 g/mol. The Morgan fingerprint density at radius 2 is 2.16 bits per heavy atom. The highest BCUT2D eigenvalue weighted by atomic mass is 32.1. The molecule has 0 N–H and O–H groups in total. The predicted octanol–water partition coefficient (Wildman–Crippen LogP) is 1.87. The highest BCUT2D eigenvalue weighted by Gasteiger charge is 2.24. The average molecular weight is 279 g/mol. The summed E-state index contributed by atoms with van der Waals surface area (Å²) < 4.78 is 3.11. The minimum Gasteiger partial charge on any atom is -0.346 e. The van der Waals surface area contributed by atoms with Gasteiger partial charge in [-0.2, -0.15) is 5.10 Å². The van der Waals surface area contributed by atoms with Crippen molar-refractivity contribution in [2.75, 3.05) is 32.1 Å². The number of thiazole rings is 1. The van der Waals surface area contributed by atoms with Gasteiger partial charge in [-0.15, -0.1) is 0 Å². The van der Waals surface area contributed by atoms with Gasteiger partial charge in [-0.3, -0.25) is 0 Å². The highest BCUT2D eigenvalue weighted by Crippen LogP contribution is 2.32. The summed E-state index contributed by atoms with van der Waals surface area (Å²) in [4.78, 5) is 9.53. The molecule has 2 aromatic heterocycles. The molecule has 19 heavy (non-hydrogen) atoms. The van der Waals surface area contributed by atoms with Crippen LogP contribution in [0.3, 0.4) is 0 Å². The molecule has 6 heteroatoms. The number of hydrogen-bond donors (Lipinski definition) is 0. The second-order valence-electron chi connectivity index (χ2n) is 5.56. The largest absolute Gasteiger partial charge is 0.346 e. The van der Waals surface area contributed by atoms with Crippen molar-refractivity contribution in [3.05, 3.63) is 5.69 Å². The number of piperidine rings is 1. The van der Waals surface area contributed by atoms with E-state index in [9.17, 15) is 0 Å². The molecule has 5 nitrogen and oxygen atoms in total. The first kappa shape index (κ1) is 12.9. The molecule has 0 amide bonds. The Morgan fingerprint density at radius 3 is 2.84 bits per heavy atom. The average Bonchev–Trinajstić information content (AvgIpc) is 2.93. The maximum atomic E-state index is 4.78. The van der Waals surface area contributed by atoms with Gasteiger partial charge in [0.2, 0.25) is 0 Å². The molecule has 1 atom stereocenters. The predicted molar refractivity (Wildman–Crippen MR) is 80.0 cm³/mol. The Balaban J connectivity index is 1.89. The maximum absolute atomic E-state index is 4.78. The van der Waals surface area contributed by atoms with Gasteiger partial charge < -0.3 is 9.80 Å². The smallest absolute Gasteiger partial charge is 0.188 e. The fourth-order valence-corrected chi connectivity index (χ4v) is 3.83. The summed E-state index contributed by atoms with van der Waals surface area (Å²) in [5, 5.41) is 5.57. The molecule has 0 spiro atoms. The van der Waals surface area contributed by atoms with Crippen molar-refractivity contribution < 1.29 is 0 Å². The van der Waals surface area contributed by atoms with Crippen LogP contribution >= 0.6 is 11.3 Å². The summed E-state index contributed by atoms with van der Waals surface area (Å²) in [6.45, 7) is 4.26. The van der Waals surface area contributed by atoms with Gasteiger partial charge in [-0.25, -0.2) is 9.67 Å². The van der Waals surface area contributed by atoms with Crippen LogP contribution in [-0.2, 0) is 7.05 Å². The first-order valence-corrected chi connectivity index (χ1v) is 7.59. The molecule has 0 saturated carbocycles. The van der Waals surface area contributed by atoms with Gasteiger partial charge >= 0.3 is 0 Å². The number of rotatable bonds is 2. The number of aromatic nitrogens is 3. The molecule has 3 rings (SSSR count). The van der Waals surface area contributed by atoms with Gasteiger partial charge in [0.1, 0.15) is 0 Å². The number of fused-ring (bicyclic) bond motifs is 1. The lowest BCUT2D eigenvalue weighted by atomic mass is 10.1. The lowest BCUT2D eigenvalue weighted by molar-refractivity contribution is 0.258. The van der Waals surface area contributed by atoms with Crippen LogP contribution in [0, 0.1) is 6.92 Å². The number of likely N-dealkylation sites (N-methyl/N-ethyl adjacent to an activating group) is 1. The van der Waals surface area contributed by atoms with Crippen LogP contribution < -0.4 is 4.90 Å². The SMILES string of the molecule is Cc1nn(C)c2nc(N3CCC[C@@H](N(C)C)C3)sc12. The lowest BCUT2D eigenvalue weighted by Crippen LogP contribution is -2.45. The van der Waals surface area contributed by atoms with E-state index in [1.165, 1.54) is 17.5 Å². The van der Waals surface area contributed by atoms with Crippen molar-refractivity contribution in [2.24, 2.45) is 7.05 Å². The lowest BCUT2D eigenvalue weighted by Gasteiger charge is -2.35. The third-order valence-electron chi connectivity index (χ3n) is 3.93.